The van der Waals surface area contributed by atoms with E-state index in [1.807, 2.05) is 24.3 Å². The molecule has 1 amide bonds. The van der Waals surface area contributed by atoms with Crippen molar-refractivity contribution in [1.29, 1.82) is 0 Å². The molecule has 0 unspecified atom stereocenters. The first kappa shape index (κ1) is 35.5. The van der Waals surface area contributed by atoms with E-state index in [0.29, 0.717) is 5.56 Å². The lowest BCUT2D eigenvalue weighted by molar-refractivity contribution is -0.0111. The van der Waals surface area contributed by atoms with Crippen LogP contribution in [-0.2, 0) is 29.3 Å². The van der Waals surface area contributed by atoms with E-state index in [1.165, 1.54) is 42.6 Å². The van der Waals surface area contributed by atoms with Crippen LogP contribution in [0.5, 0.6) is 0 Å². The Morgan fingerprint density at radius 2 is 1.37 bits per heavy atom. The van der Waals surface area contributed by atoms with Crippen LogP contribution in [0.4, 0.5) is 4.79 Å². The van der Waals surface area contributed by atoms with Crippen molar-refractivity contribution in [2.75, 3.05) is 6.54 Å². The normalized spacial score (nSPS) is 18.5. The summed E-state index contributed by atoms with van der Waals surface area (Å²) in [6.07, 6.45) is 7.13. The van der Waals surface area contributed by atoms with Gasteiger partial charge in [0, 0.05) is 12.0 Å². The molecule has 1 aliphatic rings. The summed E-state index contributed by atoms with van der Waals surface area (Å²) in [5, 5.41) is 0. The summed E-state index contributed by atoms with van der Waals surface area (Å²) in [6, 6.07) is 6.79. The van der Waals surface area contributed by atoms with Crippen LogP contribution in [0.1, 0.15) is 130 Å². The van der Waals surface area contributed by atoms with E-state index in [2.05, 4.69) is 6.92 Å². The lowest BCUT2D eigenvalue weighted by Gasteiger charge is -2.32. The van der Waals surface area contributed by atoms with Crippen molar-refractivity contribution >= 4 is 19.7 Å². The summed E-state index contributed by atoms with van der Waals surface area (Å²) in [6.45, 7) is 18.1. The zero-order valence-electron chi connectivity index (χ0n) is 27.1. The zero-order chi connectivity index (χ0) is 31.1. The standard InChI is InChI=1S/C32H54NO7P/c1-11-12-13-14-15-16-17-24-18-20-25(21-19-24)28(34)27-22-26(23-33(27)29(35)37-30(2,3)4)38-41(36,39-31(5,6)7)40-32(8,9)10/h18-21,26-27H,11-17,22-23H2,1-10H3/t26-,27+/m1/s1. The Morgan fingerprint density at radius 3 is 1.88 bits per heavy atom. The van der Waals surface area contributed by atoms with E-state index in [0.717, 1.165) is 12.8 Å². The fraction of sp³-hybridized carbons (Fsp3) is 0.750. The minimum absolute atomic E-state index is 0.0203. The van der Waals surface area contributed by atoms with E-state index in [1.54, 1.807) is 62.3 Å². The van der Waals surface area contributed by atoms with Crippen LogP contribution in [0.25, 0.3) is 0 Å². The third-order valence-electron chi connectivity index (χ3n) is 6.30. The minimum Gasteiger partial charge on any atom is -0.444 e. The summed E-state index contributed by atoms with van der Waals surface area (Å²) in [5.74, 6) is -0.212. The number of phosphoric ester groups is 1. The van der Waals surface area contributed by atoms with Gasteiger partial charge in [0.2, 0.25) is 0 Å². The van der Waals surface area contributed by atoms with E-state index in [-0.39, 0.29) is 18.7 Å². The number of benzene rings is 1. The summed E-state index contributed by atoms with van der Waals surface area (Å²) in [7, 11) is -4.05. The van der Waals surface area contributed by atoms with Crippen molar-refractivity contribution in [3.05, 3.63) is 35.4 Å². The van der Waals surface area contributed by atoms with Gasteiger partial charge in [-0.05, 0) is 80.7 Å². The highest BCUT2D eigenvalue weighted by molar-refractivity contribution is 7.48. The molecule has 9 heteroatoms. The third-order valence-corrected chi connectivity index (χ3v) is 8.40. The number of ketones is 1. The van der Waals surface area contributed by atoms with Crippen molar-refractivity contribution in [3.8, 4) is 0 Å². The van der Waals surface area contributed by atoms with Crippen LogP contribution in [0.3, 0.4) is 0 Å². The SMILES string of the molecule is CCCCCCCCc1ccc(C(=O)[C@@H]2C[C@@H](OP(=O)(OC(C)(C)C)OC(C)(C)C)CN2C(=O)OC(C)(C)C)cc1. The molecule has 0 aliphatic carbocycles. The van der Waals surface area contributed by atoms with E-state index >= 15 is 0 Å². The molecule has 0 N–H and O–H groups in total. The van der Waals surface area contributed by atoms with Gasteiger partial charge in [-0.1, -0.05) is 63.3 Å². The molecule has 1 aromatic carbocycles. The van der Waals surface area contributed by atoms with Crippen LogP contribution in [0.2, 0.25) is 0 Å². The van der Waals surface area contributed by atoms with Gasteiger partial charge in [0.15, 0.2) is 5.78 Å². The predicted molar refractivity (Wildman–Crippen MR) is 163 cm³/mol. The number of likely N-dealkylation sites (tertiary alicyclic amines) is 1. The summed E-state index contributed by atoms with van der Waals surface area (Å²) in [5.41, 5.74) is -0.667. The molecule has 0 radical (unpaired) electrons. The molecular formula is C32H54NO7P. The first-order chi connectivity index (χ1) is 18.8. The Balaban J connectivity index is 2.21. The molecular weight excluding hydrogens is 541 g/mol. The quantitative estimate of drug-likeness (QED) is 0.128. The minimum atomic E-state index is -4.05. The molecule has 0 bridgehead atoms. The summed E-state index contributed by atoms with van der Waals surface area (Å²) in [4.78, 5) is 28.3. The molecule has 1 aromatic rings. The average molecular weight is 596 g/mol. The Bertz CT molecular complexity index is 1010. The number of aryl methyl sites for hydroxylation is 1. The number of amides is 1. The first-order valence-electron chi connectivity index (χ1n) is 15.1. The summed E-state index contributed by atoms with van der Waals surface area (Å²) < 4.78 is 36.9. The lowest BCUT2D eigenvalue weighted by Crippen LogP contribution is -2.43. The highest BCUT2D eigenvalue weighted by Gasteiger charge is 2.47. The van der Waals surface area contributed by atoms with Crippen molar-refractivity contribution in [1.82, 2.24) is 4.90 Å². The molecule has 0 aromatic heterocycles. The molecule has 0 saturated carbocycles. The number of hydrogen-bond donors (Lipinski definition) is 0. The predicted octanol–water partition coefficient (Wildman–Crippen LogP) is 8.91. The number of phosphoric acid groups is 1. The highest BCUT2D eigenvalue weighted by Crippen LogP contribution is 2.57. The number of ether oxygens (including phenoxy) is 1. The van der Waals surface area contributed by atoms with Gasteiger partial charge in [-0.3, -0.25) is 23.3 Å². The van der Waals surface area contributed by atoms with Crippen molar-refractivity contribution in [2.45, 2.75) is 150 Å². The van der Waals surface area contributed by atoms with Crippen LogP contribution < -0.4 is 0 Å². The van der Waals surface area contributed by atoms with Gasteiger partial charge in [-0.25, -0.2) is 9.36 Å². The van der Waals surface area contributed by atoms with Gasteiger partial charge in [-0.15, -0.1) is 0 Å². The number of nitrogens with zero attached hydrogens (tertiary/aromatic N) is 1. The Hall–Kier alpha value is -1.73. The van der Waals surface area contributed by atoms with Crippen molar-refractivity contribution in [2.24, 2.45) is 0 Å². The Kier molecular flexibility index (Phi) is 12.7. The fourth-order valence-electron chi connectivity index (χ4n) is 4.70. The molecule has 2 atom stereocenters. The maximum atomic E-state index is 13.8. The van der Waals surface area contributed by atoms with E-state index < -0.39 is 42.9 Å². The first-order valence-corrected chi connectivity index (χ1v) is 16.6. The van der Waals surface area contributed by atoms with Crippen LogP contribution in [0.15, 0.2) is 24.3 Å². The number of hydrogen-bond acceptors (Lipinski definition) is 7. The molecule has 8 nitrogen and oxygen atoms in total. The second-order valence-electron chi connectivity index (χ2n) is 14.0. The third kappa shape index (κ3) is 13.0. The molecule has 2 rings (SSSR count). The number of carbonyl (C=O) groups excluding carboxylic acids is 2. The van der Waals surface area contributed by atoms with Gasteiger partial charge in [0.1, 0.15) is 11.6 Å². The van der Waals surface area contributed by atoms with Crippen molar-refractivity contribution < 1.29 is 32.5 Å². The second-order valence-corrected chi connectivity index (χ2v) is 15.5. The van der Waals surface area contributed by atoms with E-state index in [9.17, 15) is 14.2 Å². The van der Waals surface area contributed by atoms with Gasteiger partial charge in [0.05, 0.1) is 23.9 Å². The molecule has 1 fully saturated rings. The van der Waals surface area contributed by atoms with Gasteiger partial charge >= 0.3 is 13.9 Å². The maximum Gasteiger partial charge on any atom is 0.476 e. The monoisotopic (exact) mass is 595 g/mol. The van der Waals surface area contributed by atoms with Crippen LogP contribution in [-0.4, -0.2) is 52.3 Å². The number of carbonyl (C=O) groups is 2. The smallest absolute Gasteiger partial charge is 0.444 e. The average Bonchev–Trinajstić information content (AvgIpc) is 3.21. The van der Waals surface area contributed by atoms with Gasteiger partial charge in [-0.2, -0.15) is 0 Å². The van der Waals surface area contributed by atoms with Gasteiger partial charge in [0.25, 0.3) is 0 Å². The maximum absolute atomic E-state index is 13.8. The Labute approximate surface area is 248 Å². The largest absolute Gasteiger partial charge is 0.476 e. The molecule has 234 valence electrons. The van der Waals surface area contributed by atoms with E-state index in [4.69, 9.17) is 18.3 Å². The fourth-order valence-corrected chi connectivity index (χ4v) is 6.68. The molecule has 1 heterocycles. The molecule has 1 saturated heterocycles. The van der Waals surface area contributed by atoms with Crippen molar-refractivity contribution in [3.63, 3.8) is 0 Å². The van der Waals surface area contributed by atoms with Gasteiger partial charge < -0.3 is 4.74 Å². The molecule has 0 spiro atoms. The molecule has 1 aliphatic heterocycles. The highest BCUT2D eigenvalue weighted by atomic mass is 31.2. The van der Waals surface area contributed by atoms with Crippen LogP contribution >= 0.6 is 7.82 Å². The number of Topliss-reactive ketones (excluding diaryl/α,β-unsaturated/α-hetero) is 1. The number of unbranched alkanes of at least 4 members (excludes halogenated alkanes) is 5. The van der Waals surface area contributed by atoms with Crippen LogP contribution in [0, 0.1) is 0 Å². The molecule has 41 heavy (non-hydrogen) atoms. The topological polar surface area (TPSA) is 91.4 Å². The second kappa shape index (κ2) is 14.6. The summed E-state index contributed by atoms with van der Waals surface area (Å²) >= 11 is 0. The lowest BCUT2D eigenvalue weighted by atomic mass is 9.99. The zero-order valence-corrected chi connectivity index (χ0v) is 28.0. The Morgan fingerprint density at radius 1 is 0.829 bits per heavy atom. The number of rotatable bonds is 13.